The summed E-state index contributed by atoms with van der Waals surface area (Å²) in [5, 5.41) is 12.8. The Bertz CT molecular complexity index is 863. The molecule has 0 spiro atoms. The second-order valence-electron chi connectivity index (χ2n) is 5.84. The van der Waals surface area contributed by atoms with Crippen LogP contribution in [0.25, 0.3) is 0 Å². The van der Waals surface area contributed by atoms with E-state index in [1.165, 1.54) is 13.3 Å². The number of ether oxygens (including phenoxy) is 2. The lowest BCUT2D eigenvalue weighted by Crippen LogP contribution is -2.19. The third-order valence-corrected chi connectivity index (χ3v) is 3.69. The molecule has 2 N–H and O–H groups in total. The lowest BCUT2D eigenvalue weighted by atomic mass is 10.1. The molecule has 2 aromatic carbocycles. The minimum Gasteiger partial charge on any atom is -0.493 e. The largest absolute Gasteiger partial charge is 0.493 e. The van der Waals surface area contributed by atoms with Gasteiger partial charge in [0.05, 0.1) is 19.7 Å². The number of benzene rings is 2. The Morgan fingerprint density at radius 1 is 1.25 bits per heavy atom. The van der Waals surface area contributed by atoms with E-state index in [1.54, 1.807) is 18.2 Å². The van der Waals surface area contributed by atoms with Gasteiger partial charge in [0.25, 0.3) is 0 Å². The number of methoxy groups -OCH3 is 1. The minimum atomic E-state index is -1.08. The predicted molar refractivity (Wildman–Crippen MR) is 106 cm³/mol. The summed E-state index contributed by atoms with van der Waals surface area (Å²) in [6, 6.07) is 12.8. The number of hydrazone groups is 1. The number of carboxylic acid groups (broad SMARTS) is 1. The highest BCUT2D eigenvalue weighted by atomic mass is 16.5. The molecule has 1 amide bonds. The van der Waals surface area contributed by atoms with Crippen molar-refractivity contribution in [1.29, 1.82) is 0 Å². The number of nitrogens with one attached hydrogen (secondary N) is 1. The van der Waals surface area contributed by atoms with Crippen molar-refractivity contribution in [3.63, 3.8) is 0 Å². The Morgan fingerprint density at radius 2 is 2.00 bits per heavy atom. The van der Waals surface area contributed by atoms with Crippen LogP contribution in [0.1, 0.15) is 16.7 Å². The summed E-state index contributed by atoms with van der Waals surface area (Å²) in [6.45, 7) is 3.22. The Kier molecular flexibility index (Phi) is 7.77. The van der Waals surface area contributed by atoms with Gasteiger partial charge < -0.3 is 14.6 Å². The van der Waals surface area contributed by atoms with Gasteiger partial charge in [0, 0.05) is 5.56 Å². The number of allylic oxidation sites excluding steroid dienone is 1. The molecule has 146 valence electrons. The lowest BCUT2D eigenvalue weighted by Gasteiger charge is -2.14. The SMILES string of the molecule is C=CCc1cc(C=NNC(=O)Cc2ccccc2)cc(OC)c1OCC(=O)O. The first-order valence-corrected chi connectivity index (χ1v) is 8.55. The van der Waals surface area contributed by atoms with Gasteiger partial charge in [-0.05, 0) is 29.7 Å². The van der Waals surface area contributed by atoms with Crippen molar-refractivity contribution >= 4 is 18.1 Å². The topological polar surface area (TPSA) is 97.2 Å². The number of rotatable bonds is 10. The Morgan fingerprint density at radius 3 is 2.64 bits per heavy atom. The third-order valence-electron chi connectivity index (χ3n) is 3.69. The summed E-state index contributed by atoms with van der Waals surface area (Å²) < 4.78 is 10.7. The van der Waals surface area contributed by atoms with Crippen molar-refractivity contribution in [3.8, 4) is 11.5 Å². The molecule has 0 radical (unpaired) electrons. The molecule has 0 aliphatic rings. The van der Waals surface area contributed by atoms with E-state index in [4.69, 9.17) is 14.6 Å². The van der Waals surface area contributed by atoms with E-state index in [2.05, 4.69) is 17.1 Å². The van der Waals surface area contributed by atoms with Gasteiger partial charge in [-0.3, -0.25) is 4.79 Å². The van der Waals surface area contributed by atoms with Gasteiger partial charge in [-0.25, -0.2) is 10.2 Å². The summed E-state index contributed by atoms with van der Waals surface area (Å²) in [5.41, 5.74) is 4.74. The molecule has 2 rings (SSSR count). The first-order chi connectivity index (χ1) is 13.5. The van der Waals surface area contributed by atoms with Crippen LogP contribution in [0, 0.1) is 0 Å². The van der Waals surface area contributed by atoms with Gasteiger partial charge in [-0.15, -0.1) is 6.58 Å². The van der Waals surface area contributed by atoms with Crippen molar-refractivity contribution in [2.24, 2.45) is 5.10 Å². The standard InChI is InChI=1S/C21H22N2O5/c1-3-7-17-10-16(11-18(27-2)21(17)28-14-20(25)26)13-22-23-19(24)12-15-8-5-4-6-9-15/h3-6,8-11,13H,1,7,12,14H2,2H3,(H,23,24)(H,25,26). The van der Waals surface area contributed by atoms with Crippen molar-refractivity contribution in [3.05, 3.63) is 71.8 Å². The number of nitrogens with zero attached hydrogens (tertiary/aromatic N) is 1. The van der Waals surface area contributed by atoms with Crippen LogP contribution in [-0.4, -0.2) is 36.9 Å². The van der Waals surface area contributed by atoms with Gasteiger partial charge in [0.2, 0.25) is 5.91 Å². The molecule has 0 bridgehead atoms. The van der Waals surface area contributed by atoms with Crippen molar-refractivity contribution < 1.29 is 24.2 Å². The average molecular weight is 382 g/mol. The zero-order chi connectivity index (χ0) is 20.4. The van der Waals surface area contributed by atoms with Crippen LogP contribution in [0.15, 0.2) is 60.2 Å². The molecular formula is C21H22N2O5. The van der Waals surface area contributed by atoms with E-state index < -0.39 is 12.6 Å². The van der Waals surface area contributed by atoms with E-state index >= 15 is 0 Å². The number of carboxylic acids is 1. The number of aliphatic carboxylic acids is 1. The molecule has 0 aliphatic carbocycles. The smallest absolute Gasteiger partial charge is 0.341 e. The lowest BCUT2D eigenvalue weighted by molar-refractivity contribution is -0.139. The molecule has 0 fully saturated rings. The van der Waals surface area contributed by atoms with Crippen molar-refractivity contribution in [2.75, 3.05) is 13.7 Å². The third kappa shape index (κ3) is 6.28. The quantitative estimate of drug-likeness (QED) is 0.374. The highest BCUT2D eigenvalue weighted by molar-refractivity contribution is 5.84. The van der Waals surface area contributed by atoms with Gasteiger partial charge in [-0.1, -0.05) is 36.4 Å². The van der Waals surface area contributed by atoms with E-state index in [9.17, 15) is 9.59 Å². The average Bonchev–Trinajstić information content (AvgIpc) is 2.67. The fourth-order valence-corrected chi connectivity index (χ4v) is 2.51. The Hall–Kier alpha value is -3.61. The van der Waals surface area contributed by atoms with Crippen LogP contribution in [-0.2, 0) is 22.4 Å². The van der Waals surface area contributed by atoms with E-state index in [-0.39, 0.29) is 12.3 Å². The maximum Gasteiger partial charge on any atom is 0.341 e. The molecule has 7 nitrogen and oxygen atoms in total. The second kappa shape index (κ2) is 10.5. The number of hydrogen-bond acceptors (Lipinski definition) is 5. The summed E-state index contributed by atoms with van der Waals surface area (Å²) in [5.74, 6) is -0.603. The number of hydrogen-bond donors (Lipinski definition) is 2. The molecule has 0 unspecified atom stereocenters. The van der Waals surface area contributed by atoms with E-state index in [0.29, 0.717) is 29.0 Å². The fourth-order valence-electron chi connectivity index (χ4n) is 2.51. The van der Waals surface area contributed by atoms with Crippen LogP contribution in [0.5, 0.6) is 11.5 Å². The van der Waals surface area contributed by atoms with Crippen LogP contribution in [0.2, 0.25) is 0 Å². The van der Waals surface area contributed by atoms with Crippen LogP contribution in [0.4, 0.5) is 0 Å². The number of carbonyl (C=O) groups is 2. The van der Waals surface area contributed by atoms with Gasteiger partial charge in [0.1, 0.15) is 0 Å². The molecule has 2 aromatic rings. The van der Waals surface area contributed by atoms with Gasteiger partial charge >= 0.3 is 5.97 Å². The number of amides is 1. The van der Waals surface area contributed by atoms with Gasteiger partial charge in [-0.2, -0.15) is 5.10 Å². The molecule has 0 saturated carbocycles. The van der Waals surface area contributed by atoms with Crippen molar-refractivity contribution in [1.82, 2.24) is 5.43 Å². The molecule has 28 heavy (non-hydrogen) atoms. The maximum absolute atomic E-state index is 12.0. The van der Waals surface area contributed by atoms with Crippen LogP contribution < -0.4 is 14.9 Å². The van der Waals surface area contributed by atoms with E-state index in [0.717, 1.165) is 5.56 Å². The molecule has 0 atom stereocenters. The molecule has 7 heteroatoms. The maximum atomic E-state index is 12.0. The van der Waals surface area contributed by atoms with Crippen molar-refractivity contribution in [2.45, 2.75) is 12.8 Å². The predicted octanol–water partition coefficient (Wildman–Crippen LogP) is 2.58. The van der Waals surface area contributed by atoms with Gasteiger partial charge in [0.15, 0.2) is 18.1 Å². The summed E-state index contributed by atoms with van der Waals surface area (Å²) in [4.78, 5) is 22.8. The fraction of sp³-hybridized carbons (Fsp3) is 0.190. The highest BCUT2D eigenvalue weighted by Gasteiger charge is 2.13. The molecular weight excluding hydrogens is 360 g/mol. The van der Waals surface area contributed by atoms with Crippen LogP contribution in [0.3, 0.4) is 0 Å². The van der Waals surface area contributed by atoms with Crippen LogP contribution >= 0.6 is 0 Å². The second-order valence-corrected chi connectivity index (χ2v) is 5.84. The van der Waals surface area contributed by atoms with E-state index in [1.807, 2.05) is 30.3 Å². The summed E-state index contributed by atoms with van der Waals surface area (Å²) in [7, 11) is 1.46. The summed E-state index contributed by atoms with van der Waals surface area (Å²) >= 11 is 0. The highest BCUT2D eigenvalue weighted by Crippen LogP contribution is 2.33. The molecule has 0 aliphatic heterocycles. The number of carbonyl (C=O) groups excluding carboxylic acids is 1. The Balaban J connectivity index is 2.12. The Labute approximate surface area is 163 Å². The zero-order valence-electron chi connectivity index (χ0n) is 15.6. The monoisotopic (exact) mass is 382 g/mol. The molecule has 0 aromatic heterocycles. The zero-order valence-corrected chi connectivity index (χ0v) is 15.6. The molecule has 0 heterocycles. The minimum absolute atomic E-state index is 0.227. The first kappa shape index (κ1) is 20.7. The first-order valence-electron chi connectivity index (χ1n) is 8.55. The molecule has 0 saturated heterocycles. The summed E-state index contributed by atoms with van der Waals surface area (Å²) in [6.07, 6.45) is 3.84. The normalized spacial score (nSPS) is 10.5.